The summed E-state index contributed by atoms with van der Waals surface area (Å²) in [5.74, 6) is -5.48. The van der Waals surface area contributed by atoms with Gasteiger partial charge in [0.2, 0.25) is 9.84 Å². The summed E-state index contributed by atoms with van der Waals surface area (Å²) in [5, 5.41) is 1.57. The molecule has 1 N–H and O–H groups in total. The number of hydrogen-bond donors (Lipinski definition) is 1. The highest BCUT2D eigenvalue weighted by Gasteiger charge is 2.30. The van der Waals surface area contributed by atoms with E-state index in [1.54, 1.807) is 5.32 Å². The monoisotopic (exact) mass is 285 g/mol. The Hall–Kier alpha value is -1.64. The van der Waals surface area contributed by atoms with Crippen LogP contribution >= 0.6 is 0 Å². The molecule has 0 aliphatic heterocycles. The molecule has 18 heavy (non-hydrogen) atoms. The highest BCUT2D eigenvalue weighted by molar-refractivity contribution is 7.91. The first-order chi connectivity index (χ1) is 8.26. The number of nitrogens with one attached hydrogen (secondary N) is 1. The van der Waals surface area contributed by atoms with Gasteiger partial charge in [-0.25, -0.2) is 8.42 Å². The summed E-state index contributed by atoms with van der Waals surface area (Å²) in [5.41, 5.74) is -0.608. The molecule has 4 nitrogen and oxygen atoms in total. The average Bonchev–Trinajstić information content (AvgIpc) is 2.29. The zero-order chi connectivity index (χ0) is 13.9. The molecule has 0 unspecified atom stereocenters. The van der Waals surface area contributed by atoms with E-state index in [9.17, 15) is 30.8 Å². The van der Waals surface area contributed by atoms with Crippen LogP contribution in [-0.4, -0.2) is 26.5 Å². The fourth-order valence-electron chi connectivity index (χ4n) is 1.10. The van der Waals surface area contributed by atoms with Gasteiger partial charge >= 0.3 is 12.2 Å². The van der Waals surface area contributed by atoms with Crippen molar-refractivity contribution in [1.82, 2.24) is 0 Å². The van der Waals surface area contributed by atoms with E-state index < -0.39 is 38.5 Å². The lowest BCUT2D eigenvalue weighted by atomic mass is 10.3. The van der Waals surface area contributed by atoms with Gasteiger partial charge in [0.15, 0.2) is 0 Å². The van der Waals surface area contributed by atoms with Crippen molar-refractivity contribution in [3.63, 3.8) is 0 Å². The van der Waals surface area contributed by atoms with Crippen LogP contribution < -0.4 is 5.32 Å². The van der Waals surface area contributed by atoms with Gasteiger partial charge in [-0.1, -0.05) is 12.1 Å². The lowest BCUT2D eigenvalue weighted by molar-refractivity contribution is -0.126. The minimum Gasteiger partial charge on any atom is -0.320 e. The SMILES string of the molecule is O=C(Nc1ccccc1S(=O)(=O)C(F)F)C(F)F. The Morgan fingerprint density at radius 2 is 1.67 bits per heavy atom. The van der Waals surface area contributed by atoms with Gasteiger partial charge in [-0.05, 0) is 12.1 Å². The molecule has 0 radical (unpaired) electrons. The van der Waals surface area contributed by atoms with Crippen LogP contribution in [0.3, 0.4) is 0 Å². The smallest absolute Gasteiger partial charge is 0.320 e. The maximum atomic E-state index is 12.3. The third-order valence-corrected chi connectivity index (χ3v) is 3.32. The highest BCUT2D eigenvalue weighted by Crippen LogP contribution is 2.26. The van der Waals surface area contributed by atoms with Crippen molar-refractivity contribution in [3.8, 4) is 0 Å². The molecule has 1 amide bonds. The largest absolute Gasteiger partial charge is 0.341 e. The molecule has 0 fully saturated rings. The van der Waals surface area contributed by atoms with E-state index in [1.807, 2.05) is 0 Å². The van der Waals surface area contributed by atoms with Crippen LogP contribution in [0.25, 0.3) is 0 Å². The van der Waals surface area contributed by atoms with Gasteiger partial charge in [-0.2, -0.15) is 17.6 Å². The molecule has 0 heterocycles. The second-order valence-electron chi connectivity index (χ2n) is 3.09. The van der Waals surface area contributed by atoms with Crippen LogP contribution in [0.2, 0.25) is 0 Å². The molecule has 0 aromatic heterocycles. The molecular weight excluding hydrogens is 278 g/mol. The number of carbonyl (C=O) groups excluding carboxylic acids is 1. The first kappa shape index (κ1) is 14.4. The number of amides is 1. The second-order valence-corrected chi connectivity index (χ2v) is 4.98. The maximum Gasteiger partial charge on any atom is 0.341 e. The fourth-order valence-corrected chi connectivity index (χ4v) is 1.99. The molecule has 1 rings (SSSR count). The first-order valence-electron chi connectivity index (χ1n) is 4.47. The van der Waals surface area contributed by atoms with Crippen molar-refractivity contribution in [2.45, 2.75) is 17.1 Å². The van der Waals surface area contributed by atoms with Gasteiger partial charge in [0.25, 0.3) is 5.91 Å². The van der Waals surface area contributed by atoms with Crippen LogP contribution in [0.15, 0.2) is 29.2 Å². The zero-order valence-corrected chi connectivity index (χ0v) is 9.43. The van der Waals surface area contributed by atoms with Gasteiger partial charge in [0, 0.05) is 0 Å². The molecule has 0 atom stereocenters. The standard InChI is InChI=1S/C9H7F4NO3S/c10-7(11)8(15)14-5-3-1-2-4-6(5)18(16,17)9(12)13/h1-4,7,9H,(H,14,15). The number of halogens is 4. The minimum atomic E-state index is -4.97. The molecule has 0 spiro atoms. The van der Waals surface area contributed by atoms with Crippen molar-refractivity contribution in [2.75, 3.05) is 5.32 Å². The quantitative estimate of drug-likeness (QED) is 0.859. The summed E-state index contributed by atoms with van der Waals surface area (Å²) in [7, 11) is -4.97. The van der Waals surface area contributed by atoms with E-state index in [2.05, 4.69) is 0 Å². The van der Waals surface area contributed by atoms with E-state index in [4.69, 9.17) is 0 Å². The van der Waals surface area contributed by atoms with Crippen LogP contribution in [0.1, 0.15) is 0 Å². The molecule has 1 aromatic carbocycles. The van der Waals surface area contributed by atoms with Crippen LogP contribution in [0.5, 0.6) is 0 Å². The lowest BCUT2D eigenvalue weighted by Crippen LogP contribution is -2.22. The predicted molar refractivity (Wildman–Crippen MR) is 54.3 cm³/mol. The van der Waals surface area contributed by atoms with E-state index in [0.29, 0.717) is 0 Å². The molecular formula is C9H7F4NO3S. The Bertz CT molecular complexity index is 544. The average molecular weight is 285 g/mol. The number of hydrogen-bond acceptors (Lipinski definition) is 3. The van der Waals surface area contributed by atoms with E-state index >= 15 is 0 Å². The van der Waals surface area contributed by atoms with Gasteiger partial charge in [0.05, 0.1) is 10.6 Å². The van der Waals surface area contributed by atoms with Crippen molar-refractivity contribution in [2.24, 2.45) is 0 Å². The van der Waals surface area contributed by atoms with Crippen molar-refractivity contribution in [3.05, 3.63) is 24.3 Å². The van der Waals surface area contributed by atoms with E-state index in [-0.39, 0.29) is 0 Å². The number of carbonyl (C=O) groups is 1. The number of rotatable bonds is 4. The molecule has 0 bridgehead atoms. The summed E-state index contributed by atoms with van der Waals surface area (Å²) in [4.78, 5) is 9.81. The minimum absolute atomic E-state index is 0.608. The number of anilines is 1. The Morgan fingerprint density at radius 3 is 2.17 bits per heavy atom. The fraction of sp³-hybridized carbons (Fsp3) is 0.222. The van der Waals surface area contributed by atoms with Crippen LogP contribution in [-0.2, 0) is 14.6 Å². The van der Waals surface area contributed by atoms with Crippen LogP contribution in [0, 0.1) is 0 Å². The first-order valence-corrected chi connectivity index (χ1v) is 6.01. The molecule has 0 aliphatic rings. The Balaban J connectivity index is 3.20. The topological polar surface area (TPSA) is 63.2 Å². The number of benzene rings is 1. The van der Waals surface area contributed by atoms with Gasteiger partial charge in [0.1, 0.15) is 0 Å². The zero-order valence-electron chi connectivity index (χ0n) is 8.61. The summed E-state index contributed by atoms with van der Waals surface area (Å²) >= 11 is 0. The number of para-hydroxylation sites is 1. The highest BCUT2D eigenvalue weighted by atomic mass is 32.2. The third kappa shape index (κ3) is 2.97. The molecule has 9 heteroatoms. The van der Waals surface area contributed by atoms with Gasteiger partial charge in [-0.3, -0.25) is 4.79 Å². The van der Waals surface area contributed by atoms with E-state index in [1.165, 1.54) is 6.07 Å². The third-order valence-electron chi connectivity index (χ3n) is 1.88. The van der Waals surface area contributed by atoms with Crippen LogP contribution in [0.4, 0.5) is 23.2 Å². The van der Waals surface area contributed by atoms with Crippen molar-refractivity contribution in [1.29, 1.82) is 0 Å². The molecule has 0 saturated carbocycles. The van der Waals surface area contributed by atoms with Crippen molar-refractivity contribution >= 4 is 21.4 Å². The summed E-state index contributed by atoms with van der Waals surface area (Å²) in [6.45, 7) is 0. The van der Waals surface area contributed by atoms with Gasteiger partial charge < -0.3 is 5.32 Å². The summed E-state index contributed by atoms with van der Waals surface area (Å²) in [6, 6.07) is 4.08. The molecule has 100 valence electrons. The number of alkyl halides is 4. The normalized spacial score (nSPS) is 11.9. The molecule has 0 aliphatic carbocycles. The predicted octanol–water partition coefficient (Wildman–Crippen LogP) is 1.89. The van der Waals surface area contributed by atoms with Gasteiger partial charge in [-0.15, -0.1) is 0 Å². The Morgan fingerprint density at radius 1 is 1.11 bits per heavy atom. The molecule has 1 aromatic rings. The lowest BCUT2D eigenvalue weighted by Gasteiger charge is -2.10. The molecule has 0 saturated heterocycles. The summed E-state index contributed by atoms with van der Waals surface area (Å²) in [6.07, 6.45) is -3.38. The maximum absolute atomic E-state index is 12.3. The summed E-state index contributed by atoms with van der Waals surface area (Å²) < 4.78 is 71.1. The Labute approximate surface area is 99.5 Å². The second kappa shape index (κ2) is 5.34. The van der Waals surface area contributed by atoms with E-state index in [0.717, 1.165) is 18.2 Å². The number of sulfone groups is 1. The van der Waals surface area contributed by atoms with Crippen molar-refractivity contribution < 1.29 is 30.8 Å². The Kier molecular flexibility index (Phi) is 4.28.